The second-order valence-corrected chi connectivity index (χ2v) is 17.4. The van der Waals surface area contributed by atoms with Crippen molar-refractivity contribution in [1.82, 2.24) is 9.80 Å². The first-order valence-electron chi connectivity index (χ1n) is 21.7. The summed E-state index contributed by atoms with van der Waals surface area (Å²) in [6, 6.07) is 36.0. The molecule has 2 N–H and O–H groups in total. The summed E-state index contributed by atoms with van der Waals surface area (Å²) in [4.78, 5) is 54.8. The second-order valence-electron chi connectivity index (χ2n) is 15.5. The van der Waals surface area contributed by atoms with Gasteiger partial charge in [-0.3, -0.25) is 19.6 Å². The maximum absolute atomic E-state index is 12.0. The van der Waals surface area contributed by atoms with Crippen LogP contribution >= 0.6 is 22.7 Å². The molecule has 0 radical (unpaired) electrons. The Hall–Kier alpha value is -5.82. The molecular weight excluding hydrogens is 885 g/mol. The number of fused-ring (bicyclic) bond motifs is 2. The van der Waals surface area contributed by atoms with E-state index in [9.17, 15) is 19.2 Å². The molecule has 0 aliphatic carbocycles. The van der Waals surface area contributed by atoms with Crippen molar-refractivity contribution in [2.24, 2.45) is 0 Å². The lowest BCUT2D eigenvalue weighted by atomic mass is 10.1. The van der Waals surface area contributed by atoms with Crippen LogP contribution in [0.5, 0.6) is 0 Å². The van der Waals surface area contributed by atoms with Crippen LogP contribution in [0.15, 0.2) is 132 Å². The van der Waals surface area contributed by atoms with Gasteiger partial charge < -0.3 is 18.9 Å². The highest BCUT2D eigenvalue weighted by Gasteiger charge is 2.30. The number of nitrogens with zero attached hydrogens (tertiary/aromatic N) is 2. The van der Waals surface area contributed by atoms with Crippen molar-refractivity contribution in [3.05, 3.63) is 154 Å². The number of rotatable bonds is 20. The molecule has 2 aliphatic heterocycles. The van der Waals surface area contributed by atoms with Gasteiger partial charge in [0.1, 0.15) is 12.2 Å². The minimum atomic E-state index is -1.13. The number of carbonyl (C=O) groups excluding carboxylic acids is 4. The summed E-state index contributed by atoms with van der Waals surface area (Å²) in [6.45, 7) is 8.30. The zero-order valence-electron chi connectivity index (χ0n) is 36.4. The maximum atomic E-state index is 12.0. The van der Waals surface area contributed by atoms with Crippen molar-refractivity contribution in [1.29, 1.82) is 0 Å². The molecule has 0 unspecified atom stereocenters. The molecule has 0 atom stereocenters. The average molecular weight is 939 g/mol. The fraction of sp³-hybridized carbons (Fsp3) is 0.320. The van der Waals surface area contributed by atoms with Crippen molar-refractivity contribution < 1.29 is 58.4 Å². The molecule has 16 heteroatoms. The lowest BCUT2D eigenvalue weighted by Crippen LogP contribution is -2.53. The molecule has 4 heterocycles. The number of carbonyl (C=O) groups is 4. The molecule has 2 fully saturated rings. The molecule has 0 bridgehead atoms. The SMILES string of the molecule is O=C(/C=C\C(=O)OO)OO.O=C(OC1CN(CCCOCCc2ccc3sccc3c2)C1)c1ccccc1.O=C(OC1CN(CCCOCCc2ccc3sccc3c2)C1)c1ccccc1. The lowest BCUT2D eigenvalue weighted by Gasteiger charge is -2.38. The van der Waals surface area contributed by atoms with E-state index in [0.29, 0.717) is 23.3 Å². The van der Waals surface area contributed by atoms with Gasteiger partial charge in [0.05, 0.1) is 24.3 Å². The summed E-state index contributed by atoms with van der Waals surface area (Å²) in [5, 5.41) is 22.1. The molecule has 14 nitrogen and oxygen atoms in total. The zero-order chi connectivity index (χ0) is 46.4. The normalized spacial score (nSPS) is 14.0. The van der Waals surface area contributed by atoms with Gasteiger partial charge in [-0.05, 0) is 107 Å². The fourth-order valence-electron chi connectivity index (χ4n) is 7.05. The van der Waals surface area contributed by atoms with Gasteiger partial charge in [-0.1, -0.05) is 60.7 Å². The monoisotopic (exact) mass is 938 g/mol. The van der Waals surface area contributed by atoms with Crippen LogP contribution in [0, 0.1) is 0 Å². The molecule has 348 valence electrons. The van der Waals surface area contributed by atoms with Crippen molar-refractivity contribution in [3.63, 3.8) is 0 Å². The number of ether oxygens (including phenoxy) is 4. The Bertz CT molecular complexity index is 2280. The molecule has 2 aromatic heterocycles. The molecule has 66 heavy (non-hydrogen) atoms. The highest BCUT2D eigenvalue weighted by atomic mass is 32.1. The van der Waals surface area contributed by atoms with Gasteiger partial charge in [-0.15, -0.1) is 22.7 Å². The van der Waals surface area contributed by atoms with Gasteiger partial charge in [0.25, 0.3) is 0 Å². The van der Waals surface area contributed by atoms with Crippen LogP contribution < -0.4 is 0 Å². The Morgan fingerprint density at radius 1 is 0.545 bits per heavy atom. The molecule has 2 saturated heterocycles. The first-order chi connectivity index (χ1) is 32.3. The van der Waals surface area contributed by atoms with E-state index in [2.05, 4.69) is 78.9 Å². The van der Waals surface area contributed by atoms with E-state index in [1.807, 2.05) is 36.4 Å². The molecule has 2 aliphatic rings. The minimum Gasteiger partial charge on any atom is -0.456 e. The van der Waals surface area contributed by atoms with E-state index in [4.69, 9.17) is 29.5 Å². The Kier molecular flexibility index (Phi) is 20.3. The molecule has 0 amide bonds. The minimum absolute atomic E-state index is 0.0145. The third-order valence-electron chi connectivity index (χ3n) is 10.6. The summed E-state index contributed by atoms with van der Waals surface area (Å²) in [6.07, 6.45) is 5.10. The fourth-order valence-corrected chi connectivity index (χ4v) is 8.59. The third kappa shape index (κ3) is 16.6. The predicted octanol–water partition coefficient (Wildman–Crippen LogP) is 8.36. The Balaban J connectivity index is 0.000000182. The molecular formula is C50H54N2O12S2. The molecule has 0 saturated carbocycles. The number of benzene rings is 4. The zero-order valence-corrected chi connectivity index (χ0v) is 38.1. The van der Waals surface area contributed by atoms with Gasteiger partial charge in [-0.25, -0.2) is 19.2 Å². The van der Waals surface area contributed by atoms with E-state index in [-0.39, 0.29) is 24.1 Å². The highest BCUT2D eigenvalue weighted by Crippen LogP contribution is 2.23. The number of esters is 2. The molecule has 6 aromatic rings. The first kappa shape index (κ1) is 49.6. The first-order valence-corrected chi connectivity index (χ1v) is 23.5. The Morgan fingerprint density at radius 2 is 0.955 bits per heavy atom. The van der Waals surface area contributed by atoms with Crippen LogP contribution in [-0.2, 0) is 51.2 Å². The van der Waals surface area contributed by atoms with Crippen molar-refractivity contribution in [2.45, 2.75) is 37.9 Å². The van der Waals surface area contributed by atoms with Gasteiger partial charge in [0, 0.05) is 74.0 Å². The van der Waals surface area contributed by atoms with Crippen LogP contribution in [0.3, 0.4) is 0 Å². The largest absolute Gasteiger partial charge is 0.456 e. The summed E-state index contributed by atoms with van der Waals surface area (Å²) < 4.78 is 25.3. The van der Waals surface area contributed by atoms with Gasteiger partial charge in [-0.2, -0.15) is 10.5 Å². The number of thiophene rings is 2. The van der Waals surface area contributed by atoms with Crippen molar-refractivity contribution >= 4 is 66.7 Å². The predicted molar refractivity (Wildman–Crippen MR) is 253 cm³/mol. The molecule has 4 aromatic carbocycles. The topological polar surface area (TPSA) is 171 Å². The van der Waals surface area contributed by atoms with Gasteiger partial charge >= 0.3 is 23.9 Å². The van der Waals surface area contributed by atoms with Crippen LogP contribution in [0.25, 0.3) is 20.2 Å². The van der Waals surface area contributed by atoms with E-state index in [0.717, 1.165) is 91.4 Å². The van der Waals surface area contributed by atoms with E-state index >= 15 is 0 Å². The molecule has 8 rings (SSSR count). The lowest BCUT2D eigenvalue weighted by molar-refractivity contribution is -0.230. The highest BCUT2D eigenvalue weighted by molar-refractivity contribution is 7.17. The number of likely N-dealkylation sites (tertiary alicyclic amines) is 2. The second kappa shape index (κ2) is 27.0. The Morgan fingerprint density at radius 3 is 1.35 bits per heavy atom. The van der Waals surface area contributed by atoms with Crippen LogP contribution in [-0.4, -0.2) is 122 Å². The molecule has 0 spiro atoms. The quantitative estimate of drug-likeness (QED) is 0.0187. The average Bonchev–Trinajstić information content (AvgIpc) is 4.01. The van der Waals surface area contributed by atoms with Crippen molar-refractivity contribution in [2.75, 3.05) is 65.7 Å². The standard InChI is InChI=1S/2C23H25NO3S.C4H4O6/c2*25-23(19-5-2-1-3-6-19)27-21-16-24(17-21)11-4-12-26-13-9-18-7-8-22-20(15-18)10-14-28-22;5-3(9-7)1-2-4(6)10-8/h2*1-3,5-8,10,14-15,21H,4,9,11-13,16-17H2;1-2,7-8H/b;;2-1-. The van der Waals surface area contributed by atoms with E-state index < -0.39 is 11.9 Å². The summed E-state index contributed by atoms with van der Waals surface area (Å²) in [7, 11) is 0. The van der Waals surface area contributed by atoms with E-state index in [1.54, 1.807) is 46.9 Å². The van der Waals surface area contributed by atoms with Crippen LogP contribution in [0.1, 0.15) is 44.7 Å². The smallest absolute Gasteiger partial charge is 0.365 e. The number of hydrogen-bond acceptors (Lipinski definition) is 16. The van der Waals surface area contributed by atoms with Crippen LogP contribution in [0.4, 0.5) is 0 Å². The Labute approximate surface area is 391 Å². The summed E-state index contributed by atoms with van der Waals surface area (Å²) in [5.74, 6) is -2.72. The van der Waals surface area contributed by atoms with E-state index in [1.165, 1.54) is 31.3 Å². The maximum Gasteiger partial charge on any atom is 0.365 e. The van der Waals surface area contributed by atoms with Crippen LogP contribution in [0.2, 0.25) is 0 Å². The number of hydrogen-bond donors (Lipinski definition) is 2. The van der Waals surface area contributed by atoms with Gasteiger partial charge in [0.2, 0.25) is 0 Å². The third-order valence-corrected chi connectivity index (χ3v) is 12.4. The van der Waals surface area contributed by atoms with Crippen molar-refractivity contribution in [3.8, 4) is 0 Å². The van der Waals surface area contributed by atoms with Gasteiger partial charge in [0.15, 0.2) is 0 Å². The summed E-state index contributed by atoms with van der Waals surface area (Å²) in [5.41, 5.74) is 3.90. The summed E-state index contributed by atoms with van der Waals surface area (Å²) >= 11 is 3.56.